The van der Waals surface area contributed by atoms with E-state index in [2.05, 4.69) is 5.32 Å². The van der Waals surface area contributed by atoms with Crippen molar-refractivity contribution in [3.63, 3.8) is 0 Å². The van der Waals surface area contributed by atoms with Crippen LogP contribution in [0.4, 0.5) is 0 Å². The minimum absolute atomic E-state index is 0.0172. The third-order valence-corrected chi connectivity index (χ3v) is 3.41. The summed E-state index contributed by atoms with van der Waals surface area (Å²) in [5, 5.41) is 11.5. The predicted octanol–water partition coefficient (Wildman–Crippen LogP) is 1.88. The van der Waals surface area contributed by atoms with Crippen molar-refractivity contribution in [3.8, 4) is 0 Å². The molecule has 0 spiro atoms. The summed E-state index contributed by atoms with van der Waals surface area (Å²) in [5.74, 6) is -0.950. The molecule has 18 heavy (non-hydrogen) atoms. The Kier molecular flexibility index (Phi) is 6.38. The van der Waals surface area contributed by atoms with Gasteiger partial charge < -0.3 is 15.2 Å². The minimum atomic E-state index is -0.933. The monoisotopic (exact) mass is 271 g/mol. The van der Waals surface area contributed by atoms with Gasteiger partial charge in [0.25, 0.3) is 0 Å². The van der Waals surface area contributed by atoms with Gasteiger partial charge in [0.15, 0.2) is 0 Å². The molecule has 0 radical (unpaired) electrons. The Bertz CT molecular complexity index is 403. The molecule has 0 bridgehead atoms. The lowest BCUT2D eigenvalue weighted by atomic mass is 10.2. The van der Waals surface area contributed by atoms with Crippen LogP contribution in [0.15, 0.2) is 12.1 Å². The maximum atomic E-state index is 11.5. The maximum Gasteiger partial charge on any atom is 0.345 e. The van der Waals surface area contributed by atoms with Gasteiger partial charge in [-0.2, -0.15) is 0 Å². The van der Waals surface area contributed by atoms with Crippen LogP contribution in [0, 0.1) is 0 Å². The Labute approximate surface area is 110 Å². The van der Waals surface area contributed by atoms with E-state index in [9.17, 15) is 9.59 Å². The highest BCUT2D eigenvalue weighted by Gasteiger charge is 2.07. The van der Waals surface area contributed by atoms with Crippen molar-refractivity contribution in [1.82, 2.24) is 5.32 Å². The second-order valence-corrected chi connectivity index (χ2v) is 4.97. The van der Waals surface area contributed by atoms with Crippen LogP contribution in [0.3, 0.4) is 0 Å². The van der Waals surface area contributed by atoms with Gasteiger partial charge in [-0.3, -0.25) is 4.79 Å². The first-order valence-corrected chi connectivity index (χ1v) is 6.52. The molecule has 0 saturated heterocycles. The zero-order valence-corrected chi connectivity index (χ0v) is 11.1. The summed E-state index contributed by atoms with van der Waals surface area (Å²) < 4.78 is 4.89. The van der Waals surface area contributed by atoms with E-state index in [1.165, 1.54) is 11.3 Å². The summed E-state index contributed by atoms with van der Waals surface area (Å²) in [4.78, 5) is 23.3. The molecule has 0 aromatic carbocycles. The van der Waals surface area contributed by atoms with E-state index < -0.39 is 5.97 Å². The van der Waals surface area contributed by atoms with Crippen LogP contribution in [-0.4, -0.2) is 30.7 Å². The van der Waals surface area contributed by atoms with Gasteiger partial charge in [0, 0.05) is 25.0 Å². The number of amides is 1. The smallest absolute Gasteiger partial charge is 0.345 e. The maximum absolute atomic E-state index is 11.5. The van der Waals surface area contributed by atoms with Crippen molar-refractivity contribution in [1.29, 1.82) is 0 Å². The largest absolute Gasteiger partial charge is 0.477 e. The van der Waals surface area contributed by atoms with Crippen molar-refractivity contribution >= 4 is 23.2 Å². The summed E-state index contributed by atoms with van der Waals surface area (Å²) >= 11 is 1.18. The number of nitrogens with one attached hydrogen (secondary N) is 1. The van der Waals surface area contributed by atoms with Crippen LogP contribution >= 0.6 is 11.3 Å². The number of methoxy groups -OCH3 is 1. The number of carboxylic acid groups (broad SMARTS) is 1. The molecule has 1 aromatic rings. The van der Waals surface area contributed by atoms with Gasteiger partial charge in [-0.1, -0.05) is 0 Å². The van der Waals surface area contributed by atoms with Gasteiger partial charge in [-0.05, 0) is 25.0 Å². The molecule has 0 aliphatic carbocycles. The normalized spacial score (nSPS) is 10.3. The van der Waals surface area contributed by atoms with Crippen molar-refractivity contribution in [2.24, 2.45) is 0 Å². The Morgan fingerprint density at radius 3 is 2.78 bits per heavy atom. The minimum Gasteiger partial charge on any atom is -0.477 e. The van der Waals surface area contributed by atoms with E-state index >= 15 is 0 Å². The molecule has 1 heterocycles. The van der Waals surface area contributed by atoms with Crippen LogP contribution in [0.5, 0.6) is 0 Å². The number of carbonyl (C=O) groups excluding carboxylic acids is 1. The molecule has 0 aliphatic rings. The molecule has 0 saturated carbocycles. The third-order valence-electron chi connectivity index (χ3n) is 2.33. The fraction of sp³-hybridized carbons (Fsp3) is 0.500. The molecule has 1 aromatic heterocycles. The number of carbonyl (C=O) groups is 2. The first kappa shape index (κ1) is 14.7. The second kappa shape index (κ2) is 7.84. The Hall–Kier alpha value is -1.40. The molecule has 0 atom stereocenters. The van der Waals surface area contributed by atoms with Crippen LogP contribution in [0.25, 0.3) is 0 Å². The van der Waals surface area contributed by atoms with Gasteiger partial charge in [0.05, 0.1) is 6.54 Å². The SMILES string of the molecule is COCCCCC(=O)NCc1ccc(C(=O)O)s1. The average Bonchev–Trinajstić information content (AvgIpc) is 2.81. The van der Waals surface area contributed by atoms with E-state index in [1.807, 2.05) is 0 Å². The zero-order chi connectivity index (χ0) is 13.4. The van der Waals surface area contributed by atoms with Gasteiger partial charge in [0.1, 0.15) is 4.88 Å². The molecular weight excluding hydrogens is 254 g/mol. The highest BCUT2D eigenvalue weighted by Crippen LogP contribution is 2.16. The van der Waals surface area contributed by atoms with Crippen molar-refractivity contribution in [2.45, 2.75) is 25.8 Å². The molecule has 5 nitrogen and oxygen atoms in total. The summed E-state index contributed by atoms with van der Waals surface area (Å²) in [6.07, 6.45) is 2.14. The van der Waals surface area contributed by atoms with Crippen LogP contribution in [0.2, 0.25) is 0 Å². The van der Waals surface area contributed by atoms with E-state index in [0.717, 1.165) is 17.7 Å². The number of carboxylic acids is 1. The molecule has 0 fully saturated rings. The van der Waals surface area contributed by atoms with E-state index in [0.29, 0.717) is 24.4 Å². The highest BCUT2D eigenvalue weighted by atomic mass is 32.1. The summed E-state index contributed by atoms with van der Waals surface area (Å²) in [7, 11) is 1.64. The molecular formula is C12H17NO4S. The van der Waals surface area contributed by atoms with Crippen LogP contribution in [-0.2, 0) is 16.1 Å². The second-order valence-electron chi connectivity index (χ2n) is 3.80. The molecule has 0 unspecified atom stereocenters. The molecule has 6 heteroatoms. The lowest BCUT2D eigenvalue weighted by Crippen LogP contribution is -2.21. The lowest BCUT2D eigenvalue weighted by Gasteiger charge is -2.03. The summed E-state index contributed by atoms with van der Waals surface area (Å²) in [6, 6.07) is 3.27. The van der Waals surface area contributed by atoms with E-state index in [4.69, 9.17) is 9.84 Å². The van der Waals surface area contributed by atoms with E-state index in [-0.39, 0.29) is 5.91 Å². The topological polar surface area (TPSA) is 75.6 Å². The number of ether oxygens (including phenoxy) is 1. The Balaban J connectivity index is 2.23. The summed E-state index contributed by atoms with van der Waals surface area (Å²) in [5.41, 5.74) is 0. The fourth-order valence-electron chi connectivity index (χ4n) is 1.39. The average molecular weight is 271 g/mol. The zero-order valence-electron chi connectivity index (χ0n) is 10.3. The Morgan fingerprint density at radius 1 is 1.39 bits per heavy atom. The highest BCUT2D eigenvalue weighted by molar-refractivity contribution is 7.13. The van der Waals surface area contributed by atoms with Crippen molar-refractivity contribution in [2.75, 3.05) is 13.7 Å². The van der Waals surface area contributed by atoms with Gasteiger partial charge >= 0.3 is 5.97 Å². The first-order valence-electron chi connectivity index (χ1n) is 5.71. The number of hydrogen-bond acceptors (Lipinski definition) is 4. The first-order chi connectivity index (χ1) is 8.63. The van der Waals surface area contributed by atoms with Gasteiger partial charge in [0.2, 0.25) is 5.91 Å². The molecule has 100 valence electrons. The molecule has 1 rings (SSSR count). The lowest BCUT2D eigenvalue weighted by molar-refractivity contribution is -0.121. The molecule has 0 aliphatic heterocycles. The predicted molar refractivity (Wildman–Crippen MR) is 68.9 cm³/mol. The number of unbranched alkanes of at least 4 members (excludes halogenated alkanes) is 1. The molecule has 1 amide bonds. The van der Waals surface area contributed by atoms with Gasteiger partial charge in [-0.25, -0.2) is 4.79 Å². The standard InChI is InChI=1S/C12H17NO4S/c1-17-7-3-2-4-11(14)13-8-9-5-6-10(18-9)12(15)16/h5-6H,2-4,7-8H2,1H3,(H,13,14)(H,15,16). The van der Waals surface area contributed by atoms with Crippen LogP contribution < -0.4 is 5.32 Å². The number of thiophene rings is 1. The Morgan fingerprint density at radius 2 is 2.17 bits per heavy atom. The number of aromatic carboxylic acids is 1. The van der Waals surface area contributed by atoms with E-state index in [1.54, 1.807) is 19.2 Å². The third kappa shape index (κ3) is 5.29. The molecule has 2 N–H and O–H groups in total. The van der Waals surface area contributed by atoms with Crippen LogP contribution in [0.1, 0.15) is 33.8 Å². The van der Waals surface area contributed by atoms with Gasteiger partial charge in [-0.15, -0.1) is 11.3 Å². The van der Waals surface area contributed by atoms with Crippen molar-refractivity contribution in [3.05, 3.63) is 21.9 Å². The summed E-state index contributed by atoms with van der Waals surface area (Å²) in [6.45, 7) is 1.06. The fourth-order valence-corrected chi connectivity index (χ4v) is 2.18. The number of rotatable bonds is 8. The number of hydrogen-bond donors (Lipinski definition) is 2. The van der Waals surface area contributed by atoms with Crippen molar-refractivity contribution < 1.29 is 19.4 Å². The quantitative estimate of drug-likeness (QED) is 0.708.